The highest BCUT2D eigenvalue weighted by Gasteiger charge is 2.36. The van der Waals surface area contributed by atoms with Crippen LogP contribution >= 0.6 is 0 Å². The van der Waals surface area contributed by atoms with Gasteiger partial charge in [0.05, 0.1) is 23.1 Å². The van der Waals surface area contributed by atoms with Gasteiger partial charge in [-0.15, -0.1) is 0 Å². The van der Waals surface area contributed by atoms with Crippen molar-refractivity contribution >= 4 is 16.9 Å². The number of rotatable bonds is 5. The van der Waals surface area contributed by atoms with Crippen molar-refractivity contribution in [3.8, 4) is 23.0 Å². The van der Waals surface area contributed by atoms with Crippen molar-refractivity contribution < 1.29 is 13.9 Å². The van der Waals surface area contributed by atoms with Crippen molar-refractivity contribution in [2.75, 3.05) is 13.1 Å². The third-order valence-electron chi connectivity index (χ3n) is 6.82. The molecule has 0 saturated carbocycles. The van der Waals surface area contributed by atoms with E-state index in [9.17, 15) is 9.18 Å². The Morgan fingerprint density at radius 1 is 1.09 bits per heavy atom. The number of aromatic amines is 1. The van der Waals surface area contributed by atoms with Gasteiger partial charge in [-0.3, -0.25) is 9.78 Å². The second-order valence-electron chi connectivity index (χ2n) is 9.10. The summed E-state index contributed by atoms with van der Waals surface area (Å²) in [5.74, 6) is 1.64. The Balaban J connectivity index is 1.42. The van der Waals surface area contributed by atoms with E-state index in [1.54, 1.807) is 18.3 Å². The molecule has 2 fully saturated rings. The fourth-order valence-corrected chi connectivity index (χ4v) is 5.11. The first-order chi connectivity index (χ1) is 17.2. The monoisotopic (exact) mass is 471 g/mol. The van der Waals surface area contributed by atoms with Crippen LogP contribution in [0.15, 0.2) is 60.8 Å². The van der Waals surface area contributed by atoms with E-state index in [-0.39, 0.29) is 23.8 Å². The van der Waals surface area contributed by atoms with Crippen LogP contribution in [0, 0.1) is 5.82 Å². The van der Waals surface area contributed by atoms with Crippen molar-refractivity contribution in [2.24, 2.45) is 0 Å². The molecule has 8 heteroatoms. The van der Waals surface area contributed by atoms with Gasteiger partial charge in [-0.2, -0.15) is 0 Å². The number of nitrogens with one attached hydrogen (secondary N) is 2. The van der Waals surface area contributed by atoms with Crippen molar-refractivity contribution in [3.63, 3.8) is 0 Å². The fourth-order valence-electron chi connectivity index (χ4n) is 5.11. The molecular formula is C27H26FN5O2. The number of hydrogen-bond donors (Lipinski definition) is 2. The van der Waals surface area contributed by atoms with Crippen LogP contribution in [0.25, 0.3) is 22.6 Å². The minimum absolute atomic E-state index is 0.105. The van der Waals surface area contributed by atoms with Gasteiger partial charge in [-0.25, -0.2) is 9.37 Å². The number of aromatic nitrogens is 3. The molecule has 0 radical (unpaired) electrons. The summed E-state index contributed by atoms with van der Waals surface area (Å²) in [6.07, 6.45) is 5.40. The Labute approximate surface area is 202 Å². The number of carbonyl (C=O) groups is 1. The number of carbonyl (C=O) groups excluding carboxylic acids is 1. The van der Waals surface area contributed by atoms with Crippen molar-refractivity contribution in [2.45, 2.75) is 37.8 Å². The number of hydrogen-bond acceptors (Lipinski definition) is 5. The van der Waals surface area contributed by atoms with Gasteiger partial charge in [0.1, 0.15) is 23.0 Å². The normalized spacial score (nSPS) is 20.0. The quantitative estimate of drug-likeness (QED) is 0.429. The van der Waals surface area contributed by atoms with Crippen LogP contribution in [0.4, 0.5) is 4.39 Å². The molecular weight excluding hydrogens is 445 g/mol. The molecule has 7 nitrogen and oxygen atoms in total. The summed E-state index contributed by atoms with van der Waals surface area (Å²) in [7, 11) is 0. The molecule has 4 aromatic rings. The molecule has 0 spiro atoms. The Kier molecular flexibility index (Phi) is 5.66. The largest absolute Gasteiger partial charge is 0.457 e. The zero-order valence-corrected chi connectivity index (χ0v) is 19.2. The van der Waals surface area contributed by atoms with Crippen LogP contribution < -0.4 is 10.1 Å². The lowest BCUT2D eigenvalue weighted by Crippen LogP contribution is -2.43. The molecule has 2 aromatic carbocycles. The van der Waals surface area contributed by atoms with E-state index in [0.717, 1.165) is 61.1 Å². The molecule has 1 unspecified atom stereocenters. The predicted molar refractivity (Wildman–Crippen MR) is 131 cm³/mol. The summed E-state index contributed by atoms with van der Waals surface area (Å²) < 4.78 is 19.7. The van der Waals surface area contributed by atoms with Crippen LogP contribution in [0.2, 0.25) is 0 Å². The third kappa shape index (κ3) is 4.25. The van der Waals surface area contributed by atoms with E-state index in [2.05, 4.69) is 15.3 Å². The first-order valence-electron chi connectivity index (χ1n) is 12.1. The number of nitrogens with zero attached hydrogens (tertiary/aromatic N) is 3. The van der Waals surface area contributed by atoms with Crippen molar-refractivity contribution in [1.82, 2.24) is 25.2 Å². The van der Waals surface area contributed by atoms with Gasteiger partial charge in [0, 0.05) is 24.4 Å². The topological polar surface area (TPSA) is 83.1 Å². The first kappa shape index (κ1) is 21.7. The fraction of sp³-hybridized carbons (Fsp3) is 0.296. The Bertz CT molecular complexity index is 1350. The summed E-state index contributed by atoms with van der Waals surface area (Å²) in [6.45, 7) is 1.60. The molecule has 0 aliphatic carbocycles. The third-order valence-corrected chi connectivity index (χ3v) is 6.82. The number of ether oxygens (including phenoxy) is 1. The van der Waals surface area contributed by atoms with Crippen LogP contribution in [0.1, 0.15) is 37.3 Å². The molecule has 1 amide bonds. The maximum atomic E-state index is 13.5. The molecule has 6 rings (SSSR count). The van der Waals surface area contributed by atoms with Gasteiger partial charge < -0.3 is 19.9 Å². The van der Waals surface area contributed by atoms with E-state index in [4.69, 9.17) is 9.72 Å². The van der Waals surface area contributed by atoms with Gasteiger partial charge in [0.15, 0.2) is 5.82 Å². The molecule has 2 saturated heterocycles. The molecule has 2 N–H and O–H groups in total. The first-order valence-corrected chi connectivity index (χ1v) is 12.1. The van der Waals surface area contributed by atoms with Gasteiger partial charge in [-0.05, 0) is 74.7 Å². The van der Waals surface area contributed by atoms with Crippen molar-refractivity contribution in [1.29, 1.82) is 0 Å². The number of imidazole rings is 1. The van der Waals surface area contributed by atoms with Crippen molar-refractivity contribution in [3.05, 3.63) is 72.2 Å². The number of likely N-dealkylation sites (tertiary alicyclic amines) is 1. The van der Waals surface area contributed by atoms with E-state index < -0.39 is 0 Å². The highest BCUT2D eigenvalue weighted by Crippen LogP contribution is 2.41. The summed E-state index contributed by atoms with van der Waals surface area (Å²) in [5.41, 5.74) is 3.25. The van der Waals surface area contributed by atoms with E-state index in [1.807, 2.05) is 35.2 Å². The standard InChI is InChI=1S/C27H26FN5O2/c28-17-8-10-18(11-9-17)35-25-16-23-22(31-26(32-23)20-5-1-2-12-29-20)15-19(25)24-7-4-14-33(24)27(34)21-6-3-13-30-21/h1-2,5,8-12,15-16,21,24,30H,3-4,6-7,13-14H2,(H,31,32)/t21-,24?/m1/s1. The molecule has 2 aliphatic rings. The van der Waals surface area contributed by atoms with Gasteiger partial charge in [-0.1, -0.05) is 6.07 Å². The lowest BCUT2D eigenvalue weighted by Gasteiger charge is -2.29. The number of pyridine rings is 1. The number of amides is 1. The predicted octanol–water partition coefficient (Wildman–Crippen LogP) is 4.97. The second kappa shape index (κ2) is 9.11. The van der Waals surface area contributed by atoms with Gasteiger partial charge >= 0.3 is 0 Å². The average molecular weight is 472 g/mol. The highest BCUT2D eigenvalue weighted by molar-refractivity contribution is 5.85. The summed E-state index contributed by atoms with van der Waals surface area (Å²) in [4.78, 5) is 27.8. The highest BCUT2D eigenvalue weighted by atomic mass is 19.1. The minimum atomic E-state index is -0.322. The van der Waals surface area contributed by atoms with E-state index in [1.165, 1.54) is 12.1 Å². The maximum absolute atomic E-state index is 13.5. The van der Waals surface area contributed by atoms with Gasteiger partial charge in [0.25, 0.3) is 0 Å². The molecule has 2 aliphatic heterocycles. The number of halogens is 1. The molecule has 2 aromatic heterocycles. The molecule has 4 heterocycles. The van der Waals surface area contributed by atoms with Crippen LogP contribution in [-0.4, -0.2) is 44.9 Å². The zero-order chi connectivity index (χ0) is 23.8. The Morgan fingerprint density at radius 3 is 2.74 bits per heavy atom. The average Bonchev–Trinajstić information content (AvgIpc) is 3.65. The van der Waals surface area contributed by atoms with E-state index in [0.29, 0.717) is 17.3 Å². The van der Waals surface area contributed by atoms with Crippen LogP contribution in [-0.2, 0) is 4.79 Å². The summed E-state index contributed by atoms with van der Waals surface area (Å²) in [6, 6.07) is 15.3. The Hall–Kier alpha value is -3.78. The summed E-state index contributed by atoms with van der Waals surface area (Å²) in [5, 5.41) is 3.34. The number of H-pyrrole nitrogens is 1. The second-order valence-corrected chi connectivity index (χ2v) is 9.10. The van der Waals surface area contributed by atoms with E-state index >= 15 is 0 Å². The Morgan fingerprint density at radius 2 is 1.97 bits per heavy atom. The smallest absolute Gasteiger partial charge is 0.240 e. The molecule has 178 valence electrons. The number of benzene rings is 2. The SMILES string of the molecule is O=C([C@H]1CCCN1)N1CCCC1c1cc2[nH]c(-c3ccccn3)nc2cc1Oc1ccc(F)cc1. The number of fused-ring (bicyclic) bond motifs is 1. The van der Waals surface area contributed by atoms with Crippen LogP contribution in [0.5, 0.6) is 11.5 Å². The summed E-state index contributed by atoms with van der Waals surface area (Å²) >= 11 is 0. The minimum Gasteiger partial charge on any atom is -0.457 e. The molecule has 0 bridgehead atoms. The zero-order valence-electron chi connectivity index (χ0n) is 19.2. The lowest BCUT2D eigenvalue weighted by molar-refractivity contribution is -0.134. The molecule has 35 heavy (non-hydrogen) atoms. The maximum Gasteiger partial charge on any atom is 0.240 e. The lowest BCUT2D eigenvalue weighted by atomic mass is 10.0. The van der Waals surface area contributed by atoms with Gasteiger partial charge in [0.2, 0.25) is 5.91 Å². The molecule has 2 atom stereocenters. The van der Waals surface area contributed by atoms with Crippen LogP contribution in [0.3, 0.4) is 0 Å².